The van der Waals surface area contributed by atoms with Crippen molar-refractivity contribution in [1.29, 1.82) is 0 Å². The highest BCUT2D eigenvalue weighted by Crippen LogP contribution is 2.36. The van der Waals surface area contributed by atoms with Gasteiger partial charge < -0.3 is 4.74 Å². The van der Waals surface area contributed by atoms with Gasteiger partial charge in [0, 0.05) is 18.3 Å². The Hall–Kier alpha value is -3.01. The second kappa shape index (κ2) is 6.48. The number of aryl methyl sites for hydroxylation is 2. The summed E-state index contributed by atoms with van der Waals surface area (Å²) in [6.45, 7) is 4.48. The first kappa shape index (κ1) is 16.8. The minimum Gasteiger partial charge on any atom is -0.494 e. The number of ether oxygens (including phenoxy) is 1. The molecular formula is C15H15N5O4S. The third-order valence-corrected chi connectivity index (χ3v) is 4.53. The third kappa shape index (κ3) is 3.15. The van der Waals surface area contributed by atoms with Crippen LogP contribution in [0, 0.1) is 17.0 Å². The van der Waals surface area contributed by atoms with E-state index in [-0.39, 0.29) is 23.0 Å². The third-order valence-electron chi connectivity index (χ3n) is 3.61. The van der Waals surface area contributed by atoms with Crippen LogP contribution in [-0.4, -0.2) is 32.7 Å². The maximum atomic E-state index is 12.3. The Morgan fingerprint density at radius 3 is 2.80 bits per heavy atom. The number of hydrogen-bond donors (Lipinski definition) is 1. The van der Waals surface area contributed by atoms with Gasteiger partial charge in [0.25, 0.3) is 11.6 Å². The second-order valence-electron chi connectivity index (χ2n) is 5.21. The van der Waals surface area contributed by atoms with E-state index in [1.54, 1.807) is 10.7 Å². The summed E-state index contributed by atoms with van der Waals surface area (Å²) >= 11 is 1.14. The summed E-state index contributed by atoms with van der Waals surface area (Å²) in [5.74, 6) is -0.102. The second-order valence-corrected chi connectivity index (χ2v) is 6.24. The molecule has 3 aromatic rings. The van der Waals surface area contributed by atoms with Gasteiger partial charge in [-0.15, -0.1) is 0 Å². The number of rotatable bonds is 5. The maximum Gasteiger partial charge on any atom is 0.277 e. The summed E-state index contributed by atoms with van der Waals surface area (Å²) in [6, 6.07) is 4.40. The van der Waals surface area contributed by atoms with E-state index in [0.29, 0.717) is 21.9 Å². The Kier molecular flexibility index (Phi) is 4.36. The molecule has 0 radical (unpaired) electrons. The normalized spacial score (nSPS) is 10.8. The molecule has 1 amide bonds. The van der Waals surface area contributed by atoms with Gasteiger partial charge in [0.15, 0.2) is 16.6 Å². The lowest BCUT2D eigenvalue weighted by Crippen LogP contribution is -2.13. The molecule has 25 heavy (non-hydrogen) atoms. The average molecular weight is 361 g/mol. The highest BCUT2D eigenvalue weighted by Gasteiger charge is 2.18. The zero-order valence-corrected chi connectivity index (χ0v) is 14.6. The fourth-order valence-corrected chi connectivity index (χ4v) is 3.31. The molecule has 2 heterocycles. The largest absolute Gasteiger partial charge is 0.494 e. The van der Waals surface area contributed by atoms with Crippen molar-refractivity contribution in [3.8, 4) is 5.75 Å². The summed E-state index contributed by atoms with van der Waals surface area (Å²) in [6.07, 6.45) is 0. The number of nitro benzene ring substituents is 1. The van der Waals surface area contributed by atoms with Crippen molar-refractivity contribution in [1.82, 2.24) is 14.8 Å². The van der Waals surface area contributed by atoms with E-state index in [9.17, 15) is 14.9 Å². The fourth-order valence-electron chi connectivity index (χ4n) is 2.40. The monoisotopic (exact) mass is 361 g/mol. The number of hydrogen-bond acceptors (Lipinski definition) is 7. The number of anilines is 1. The van der Waals surface area contributed by atoms with Gasteiger partial charge in [0.1, 0.15) is 5.52 Å². The molecule has 2 aromatic heterocycles. The number of amides is 1. The van der Waals surface area contributed by atoms with E-state index in [4.69, 9.17) is 4.74 Å². The standard InChI is InChI=1S/C15H15N5O4S/c1-4-19-8(2)5-10(18-19)14(21)17-15-16-13-11(24-3)6-9(20(22)23)7-12(13)25-15/h5-7H,4H2,1-3H3,(H,16,17,21). The summed E-state index contributed by atoms with van der Waals surface area (Å²) in [5.41, 5.74) is 1.54. The first-order valence-corrected chi connectivity index (χ1v) is 8.23. The summed E-state index contributed by atoms with van der Waals surface area (Å²) in [5, 5.41) is 18.2. The Morgan fingerprint density at radius 1 is 1.44 bits per heavy atom. The molecule has 1 aromatic carbocycles. The number of aromatic nitrogens is 3. The summed E-state index contributed by atoms with van der Waals surface area (Å²) < 4.78 is 7.44. The highest BCUT2D eigenvalue weighted by atomic mass is 32.1. The number of nitrogens with one attached hydrogen (secondary N) is 1. The number of nitro groups is 1. The van der Waals surface area contributed by atoms with Crippen molar-refractivity contribution in [2.24, 2.45) is 0 Å². The van der Waals surface area contributed by atoms with Crippen LogP contribution >= 0.6 is 11.3 Å². The van der Waals surface area contributed by atoms with E-state index < -0.39 is 4.92 Å². The number of fused-ring (bicyclic) bond motifs is 1. The van der Waals surface area contributed by atoms with E-state index in [0.717, 1.165) is 17.0 Å². The molecule has 0 fully saturated rings. The molecule has 10 heteroatoms. The molecule has 0 unspecified atom stereocenters. The van der Waals surface area contributed by atoms with E-state index in [1.807, 2.05) is 13.8 Å². The van der Waals surface area contributed by atoms with Gasteiger partial charge in [-0.05, 0) is 19.9 Å². The maximum absolute atomic E-state index is 12.3. The molecule has 9 nitrogen and oxygen atoms in total. The fraction of sp³-hybridized carbons (Fsp3) is 0.267. The van der Waals surface area contributed by atoms with Gasteiger partial charge in [-0.3, -0.25) is 24.9 Å². The molecule has 0 saturated heterocycles. The van der Waals surface area contributed by atoms with Crippen LogP contribution in [0.4, 0.5) is 10.8 Å². The van der Waals surface area contributed by atoms with Crippen LogP contribution in [0.25, 0.3) is 10.2 Å². The van der Waals surface area contributed by atoms with Gasteiger partial charge in [-0.25, -0.2) is 4.98 Å². The van der Waals surface area contributed by atoms with Crippen molar-refractivity contribution in [3.63, 3.8) is 0 Å². The number of methoxy groups -OCH3 is 1. The van der Waals surface area contributed by atoms with Crippen LogP contribution in [0.2, 0.25) is 0 Å². The molecule has 0 aliphatic carbocycles. The van der Waals surface area contributed by atoms with Crippen LogP contribution in [0.3, 0.4) is 0 Å². The van der Waals surface area contributed by atoms with Gasteiger partial charge in [0.05, 0.1) is 22.8 Å². The number of benzene rings is 1. The number of carbonyl (C=O) groups is 1. The van der Waals surface area contributed by atoms with Crippen molar-refractivity contribution >= 4 is 38.3 Å². The van der Waals surface area contributed by atoms with Gasteiger partial charge in [-0.1, -0.05) is 11.3 Å². The van der Waals surface area contributed by atoms with Crippen molar-refractivity contribution < 1.29 is 14.5 Å². The van der Waals surface area contributed by atoms with Gasteiger partial charge >= 0.3 is 0 Å². The predicted octanol–water partition coefficient (Wildman–Crippen LogP) is 2.99. The topological polar surface area (TPSA) is 112 Å². The number of non-ortho nitro benzene ring substituents is 1. The van der Waals surface area contributed by atoms with Gasteiger partial charge in [-0.2, -0.15) is 5.10 Å². The zero-order valence-electron chi connectivity index (χ0n) is 13.8. The molecule has 0 bridgehead atoms. The zero-order chi connectivity index (χ0) is 18.1. The minimum atomic E-state index is -0.500. The molecule has 0 aliphatic heterocycles. The van der Waals surface area contributed by atoms with Crippen LogP contribution in [-0.2, 0) is 6.54 Å². The SMILES string of the molecule is CCn1nc(C(=O)Nc2nc3c(OC)cc([N+](=O)[O-])cc3s2)cc1C. The van der Waals surface area contributed by atoms with E-state index in [1.165, 1.54) is 19.2 Å². The van der Waals surface area contributed by atoms with Crippen LogP contribution in [0.5, 0.6) is 5.75 Å². The Labute approximate surface area is 146 Å². The molecule has 1 N–H and O–H groups in total. The van der Waals surface area contributed by atoms with Crippen LogP contribution in [0.1, 0.15) is 23.1 Å². The lowest BCUT2D eigenvalue weighted by atomic mass is 10.3. The first-order valence-electron chi connectivity index (χ1n) is 7.41. The lowest BCUT2D eigenvalue weighted by Gasteiger charge is -2.00. The number of nitrogens with zero attached hydrogens (tertiary/aromatic N) is 4. The van der Waals surface area contributed by atoms with Crippen molar-refractivity contribution in [2.75, 3.05) is 12.4 Å². The highest BCUT2D eigenvalue weighted by molar-refractivity contribution is 7.22. The molecular weight excluding hydrogens is 346 g/mol. The quantitative estimate of drug-likeness (QED) is 0.552. The molecule has 3 rings (SSSR count). The number of carbonyl (C=O) groups excluding carboxylic acids is 1. The van der Waals surface area contributed by atoms with Crippen LogP contribution in [0.15, 0.2) is 18.2 Å². The van der Waals surface area contributed by atoms with E-state index in [2.05, 4.69) is 15.4 Å². The Morgan fingerprint density at radius 2 is 2.20 bits per heavy atom. The first-order chi connectivity index (χ1) is 11.9. The van der Waals surface area contributed by atoms with Gasteiger partial charge in [0.2, 0.25) is 0 Å². The van der Waals surface area contributed by atoms with Crippen LogP contribution < -0.4 is 10.1 Å². The number of thiazole rings is 1. The van der Waals surface area contributed by atoms with Crippen molar-refractivity contribution in [2.45, 2.75) is 20.4 Å². The molecule has 0 saturated carbocycles. The van der Waals surface area contributed by atoms with E-state index >= 15 is 0 Å². The average Bonchev–Trinajstić information content (AvgIpc) is 3.16. The summed E-state index contributed by atoms with van der Waals surface area (Å²) in [7, 11) is 1.41. The predicted molar refractivity (Wildman–Crippen MR) is 93.4 cm³/mol. The molecule has 130 valence electrons. The molecule has 0 spiro atoms. The minimum absolute atomic E-state index is 0.0943. The summed E-state index contributed by atoms with van der Waals surface area (Å²) in [4.78, 5) is 27.1. The molecule has 0 atom stereocenters. The van der Waals surface area contributed by atoms with Crippen molar-refractivity contribution in [3.05, 3.63) is 39.7 Å². The smallest absolute Gasteiger partial charge is 0.277 e. The lowest BCUT2D eigenvalue weighted by molar-refractivity contribution is -0.384. The Bertz CT molecular complexity index is 978. The Balaban J connectivity index is 1.93. The molecule has 0 aliphatic rings.